The molecule has 6 heteroatoms. The summed E-state index contributed by atoms with van der Waals surface area (Å²) in [6.07, 6.45) is 0. The fourth-order valence-electron chi connectivity index (χ4n) is 7.29. The Bertz CT molecular complexity index is 3050. The monoisotopic (exact) mass is 639 g/mol. The molecule has 6 aromatic carbocycles. The number of nitrogens with zero attached hydrogens (tertiary/aromatic N) is 3. The van der Waals surface area contributed by atoms with Gasteiger partial charge in [-0.15, -0.1) is 34.0 Å². The van der Waals surface area contributed by atoms with E-state index in [0.29, 0.717) is 5.95 Å². The van der Waals surface area contributed by atoms with Gasteiger partial charge in [0.15, 0.2) is 0 Å². The molecule has 0 aliphatic rings. The lowest BCUT2D eigenvalue weighted by Gasteiger charge is -2.11. The molecule has 46 heavy (non-hydrogen) atoms. The summed E-state index contributed by atoms with van der Waals surface area (Å²) in [5.41, 5.74) is 4.40. The van der Waals surface area contributed by atoms with Crippen LogP contribution in [0.2, 0.25) is 0 Å². The second-order valence-corrected chi connectivity index (χ2v) is 14.9. The fourth-order valence-corrected chi connectivity index (χ4v) is 10.8. The molecule has 11 aromatic rings. The summed E-state index contributed by atoms with van der Waals surface area (Å²) in [6.45, 7) is 0. The van der Waals surface area contributed by atoms with Crippen LogP contribution in [0.25, 0.3) is 99.7 Å². The predicted molar refractivity (Wildman–Crippen MR) is 200 cm³/mol. The smallest absolute Gasteiger partial charge is 0.236 e. The molecule has 0 amide bonds. The highest BCUT2D eigenvalue weighted by molar-refractivity contribution is 7.27. The molecule has 0 unspecified atom stereocenters. The summed E-state index contributed by atoms with van der Waals surface area (Å²) < 4.78 is 8.69. The van der Waals surface area contributed by atoms with Gasteiger partial charge < -0.3 is 0 Å². The van der Waals surface area contributed by atoms with Crippen LogP contribution in [0, 0.1) is 0 Å². The number of fused-ring (bicyclic) bond motifs is 13. The minimum atomic E-state index is 0.707. The lowest BCUT2D eigenvalue weighted by Crippen LogP contribution is -2.02. The maximum absolute atomic E-state index is 5.55. The number of benzene rings is 6. The standard InChI is InChI=1S/C40H21N3S3/c1-5-16-29-26(12-1)34-30(21-20-25-23-11-3-7-18-32(23)45-38(25)34)43(29)40-41-36(35-27-13-4-8-19-33(27)46-39(35)42-40)28-15-9-14-24-22-10-2-6-17-31(22)44-37(24)28/h1-21H. The second kappa shape index (κ2) is 9.21. The van der Waals surface area contributed by atoms with E-state index >= 15 is 0 Å². The van der Waals surface area contributed by atoms with Crippen molar-refractivity contribution in [1.82, 2.24) is 14.5 Å². The van der Waals surface area contributed by atoms with Crippen LogP contribution >= 0.6 is 34.0 Å². The summed E-state index contributed by atoms with van der Waals surface area (Å²) in [5.74, 6) is 0.707. The van der Waals surface area contributed by atoms with Gasteiger partial charge in [-0.1, -0.05) is 97.1 Å². The maximum atomic E-state index is 5.55. The van der Waals surface area contributed by atoms with Crippen molar-refractivity contribution in [3.8, 4) is 17.2 Å². The SMILES string of the molecule is c1ccc2c(c1)sc1c(-c3nc(-n4c5ccccc5c5c6sc7ccccc7c6ccc54)nc4sc5ccccc5c34)cccc12. The molecule has 0 saturated heterocycles. The Morgan fingerprint density at radius 1 is 0.413 bits per heavy atom. The largest absolute Gasteiger partial charge is 0.278 e. The average molecular weight is 640 g/mol. The normalized spacial score (nSPS) is 12.3. The molecule has 0 fully saturated rings. The van der Waals surface area contributed by atoms with Crippen LogP contribution in [0.4, 0.5) is 0 Å². The van der Waals surface area contributed by atoms with Crippen molar-refractivity contribution < 1.29 is 0 Å². The van der Waals surface area contributed by atoms with Gasteiger partial charge in [0.1, 0.15) is 4.83 Å². The maximum Gasteiger partial charge on any atom is 0.236 e. The Labute approximate surface area is 274 Å². The molecule has 0 aliphatic carbocycles. The Hall–Kier alpha value is -5.14. The van der Waals surface area contributed by atoms with E-state index in [9.17, 15) is 0 Å². The Balaban J connectivity index is 1.29. The molecule has 0 atom stereocenters. The van der Waals surface area contributed by atoms with Crippen molar-refractivity contribution in [3.05, 3.63) is 127 Å². The number of hydrogen-bond acceptors (Lipinski definition) is 5. The van der Waals surface area contributed by atoms with Crippen LogP contribution < -0.4 is 0 Å². The lowest BCUT2D eigenvalue weighted by molar-refractivity contribution is 1.02. The number of hydrogen-bond donors (Lipinski definition) is 0. The van der Waals surface area contributed by atoms with Gasteiger partial charge in [-0.2, -0.15) is 0 Å². The first-order chi connectivity index (χ1) is 22.8. The van der Waals surface area contributed by atoms with Crippen molar-refractivity contribution in [3.63, 3.8) is 0 Å². The lowest BCUT2D eigenvalue weighted by atomic mass is 10.0. The minimum Gasteiger partial charge on any atom is -0.278 e. The number of rotatable bonds is 2. The molecule has 0 aliphatic heterocycles. The summed E-state index contributed by atoms with van der Waals surface area (Å²) in [7, 11) is 0. The van der Waals surface area contributed by atoms with Gasteiger partial charge in [0.2, 0.25) is 5.95 Å². The van der Waals surface area contributed by atoms with E-state index in [1.54, 1.807) is 11.3 Å². The minimum absolute atomic E-state index is 0.707. The third-order valence-corrected chi connectivity index (χ3v) is 12.8. The van der Waals surface area contributed by atoms with Crippen molar-refractivity contribution in [2.45, 2.75) is 0 Å². The number of aromatic nitrogens is 3. The molecule has 11 rings (SSSR count). The quantitative estimate of drug-likeness (QED) is 0.188. The van der Waals surface area contributed by atoms with Crippen molar-refractivity contribution in [2.75, 3.05) is 0 Å². The first kappa shape index (κ1) is 25.1. The van der Waals surface area contributed by atoms with Gasteiger partial charge in [0.25, 0.3) is 0 Å². The first-order valence-corrected chi connectivity index (χ1v) is 17.7. The summed E-state index contributed by atoms with van der Waals surface area (Å²) >= 11 is 5.47. The topological polar surface area (TPSA) is 30.7 Å². The highest BCUT2D eigenvalue weighted by Gasteiger charge is 2.23. The molecule has 0 N–H and O–H groups in total. The Morgan fingerprint density at radius 2 is 1.02 bits per heavy atom. The predicted octanol–water partition coefficient (Wildman–Crippen LogP) is 12.3. The highest BCUT2D eigenvalue weighted by Crippen LogP contribution is 2.46. The number of para-hydroxylation sites is 1. The molecular formula is C40H21N3S3. The van der Waals surface area contributed by atoms with E-state index in [1.165, 1.54) is 61.2 Å². The average Bonchev–Trinajstić information content (AvgIpc) is 3.86. The van der Waals surface area contributed by atoms with Crippen LogP contribution in [-0.2, 0) is 0 Å². The van der Waals surface area contributed by atoms with E-state index in [2.05, 4.69) is 132 Å². The van der Waals surface area contributed by atoms with Crippen molar-refractivity contribution >= 4 is 116 Å². The van der Waals surface area contributed by atoms with Crippen LogP contribution in [-0.4, -0.2) is 14.5 Å². The summed E-state index contributed by atoms with van der Waals surface area (Å²) in [4.78, 5) is 11.9. The van der Waals surface area contributed by atoms with E-state index in [-0.39, 0.29) is 0 Å². The van der Waals surface area contributed by atoms with Crippen molar-refractivity contribution in [2.24, 2.45) is 0 Å². The van der Waals surface area contributed by atoms with Gasteiger partial charge in [0, 0.05) is 72.2 Å². The molecule has 3 nitrogen and oxygen atoms in total. The van der Waals surface area contributed by atoms with Gasteiger partial charge in [-0.05, 0) is 30.3 Å². The molecule has 5 aromatic heterocycles. The first-order valence-electron chi connectivity index (χ1n) is 15.3. The van der Waals surface area contributed by atoms with Crippen LogP contribution in [0.5, 0.6) is 0 Å². The molecule has 0 radical (unpaired) electrons. The Kier molecular flexibility index (Phi) is 5.02. The van der Waals surface area contributed by atoms with E-state index in [4.69, 9.17) is 9.97 Å². The van der Waals surface area contributed by atoms with Gasteiger partial charge in [0.05, 0.1) is 16.7 Å². The zero-order valence-corrected chi connectivity index (χ0v) is 26.6. The zero-order valence-electron chi connectivity index (χ0n) is 24.2. The third kappa shape index (κ3) is 3.30. The molecule has 5 heterocycles. The molecule has 0 saturated carbocycles. The Morgan fingerprint density at radius 3 is 1.80 bits per heavy atom. The zero-order chi connectivity index (χ0) is 29.9. The van der Waals surface area contributed by atoms with Gasteiger partial charge in [-0.3, -0.25) is 4.57 Å². The van der Waals surface area contributed by atoms with Crippen molar-refractivity contribution in [1.29, 1.82) is 0 Å². The molecule has 0 bridgehead atoms. The van der Waals surface area contributed by atoms with Gasteiger partial charge >= 0.3 is 0 Å². The van der Waals surface area contributed by atoms with Crippen LogP contribution in [0.1, 0.15) is 0 Å². The molecule has 0 spiro atoms. The third-order valence-electron chi connectivity index (χ3n) is 9.27. The van der Waals surface area contributed by atoms with E-state index in [1.807, 2.05) is 22.7 Å². The summed E-state index contributed by atoms with van der Waals surface area (Å²) in [6, 6.07) is 46.0. The fraction of sp³-hybridized carbons (Fsp3) is 0. The van der Waals surface area contributed by atoms with Crippen LogP contribution in [0.15, 0.2) is 127 Å². The van der Waals surface area contributed by atoms with E-state index in [0.717, 1.165) is 32.5 Å². The number of thiophene rings is 3. The molecular weight excluding hydrogens is 619 g/mol. The van der Waals surface area contributed by atoms with E-state index < -0.39 is 0 Å². The molecule has 214 valence electrons. The second-order valence-electron chi connectivity index (χ2n) is 11.7. The highest BCUT2D eigenvalue weighted by atomic mass is 32.1. The summed E-state index contributed by atoms with van der Waals surface area (Å²) in [5, 5.41) is 10.00. The van der Waals surface area contributed by atoms with Gasteiger partial charge in [-0.25, -0.2) is 9.97 Å². The van der Waals surface area contributed by atoms with Crippen LogP contribution in [0.3, 0.4) is 0 Å².